The van der Waals surface area contributed by atoms with E-state index in [9.17, 15) is 9.59 Å². The predicted octanol–water partition coefficient (Wildman–Crippen LogP) is 2.71. The van der Waals surface area contributed by atoms with E-state index in [1.54, 1.807) is 0 Å². The minimum Gasteiger partial charge on any atom is -0.455 e. The second kappa shape index (κ2) is 7.59. The zero-order chi connectivity index (χ0) is 15.1. The summed E-state index contributed by atoms with van der Waals surface area (Å²) in [4.78, 5) is 23.3. The highest BCUT2D eigenvalue weighted by Crippen LogP contribution is 2.11. The minimum atomic E-state index is -0.393. The summed E-state index contributed by atoms with van der Waals surface area (Å²) in [5.41, 5.74) is 1.92. The van der Waals surface area contributed by atoms with Gasteiger partial charge in [0, 0.05) is 0 Å². The van der Waals surface area contributed by atoms with Crippen LogP contribution in [0.3, 0.4) is 0 Å². The fraction of sp³-hybridized carbons (Fsp3) is 0.250. The Hall–Kier alpha value is -2.14. The Balaban J connectivity index is 1.73. The summed E-state index contributed by atoms with van der Waals surface area (Å²) in [7, 11) is 0. The second-order valence-electron chi connectivity index (χ2n) is 4.67. The van der Waals surface area contributed by atoms with Crippen molar-refractivity contribution in [3.8, 4) is 0 Å². The Kier molecular flexibility index (Phi) is 5.51. The minimum absolute atomic E-state index is 0.116. The summed E-state index contributed by atoms with van der Waals surface area (Å²) in [6.07, 6.45) is 0.199. The Bertz CT molecular complexity index is 581. The number of carbonyl (C=O) groups is 2. The van der Waals surface area contributed by atoms with Crippen LogP contribution in [0.2, 0.25) is 0 Å². The molecule has 0 saturated carbocycles. The molecule has 1 atom stereocenters. The van der Waals surface area contributed by atoms with Crippen LogP contribution in [0.1, 0.15) is 24.1 Å². The number of thiophene rings is 1. The maximum Gasteiger partial charge on any atom is 0.310 e. The van der Waals surface area contributed by atoms with E-state index in [0.717, 1.165) is 11.1 Å². The first-order valence-electron chi connectivity index (χ1n) is 6.66. The molecular weight excluding hydrogens is 286 g/mol. The van der Waals surface area contributed by atoms with E-state index >= 15 is 0 Å². The standard InChI is InChI=1S/C16H17NO3S/c1-12(14-5-3-2-4-6-14)17-15(18)10-20-16(19)9-13-7-8-21-11-13/h2-8,11-12H,9-10H2,1H3,(H,17,18)/t12-/m0/s1. The van der Waals surface area contributed by atoms with Crippen LogP contribution in [0.5, 0.6) is 0 Å². The number of benzene rings is 1. The number of hydrogen-bond donors (Lipinski definition) is 1. The molecule has 21 heavy (non-hydrogen) atoms. The van der Waals surface area contributed by atoms with E-state index in [-0.39, 0.29) is 25.0 Å². The van der Waals surface area contributed by atoms with Crippen molar-refractivity contribution in [2.45, 2.75) is 19.4 Å². The summed E-state index contributed by atoms with van der Waals surface area (Å²) in [5, 5.41) is 6.58. The third-order valence-corrected chi connectivity index (χ3v) is 3.70. The van der Waals surface area contributed by atoms with Crippen LogP contribution >= 0.6 is 11.3 Å². The normalized spacial score (nSPS) is 11.7. The number of esters is 1. The molecular formula is C16H17NO3S. The number of ether oxygens (including phenoxy) is 1. The third kappa shape index (κ3) is 5.04. The van der Waals surface area contributed by atoms with Gasteiger partial charge in [0.1, 0.15) is 0 Å². The molecule has 0 saturated heterocycles. The van der Waals surface area contributed by atoms with Crippen LogP contribution in [0.4, 0.5) is 0 Å². The van der Waals surface area contributed by atoms with Gasteiger partial charge in [0.2, 0.25) is 0 Å². The van der Waals surface area contributed by atoms with Crippen molar-refractivity contribution in [1.82, 2.24) is 5.32 Å². The van der Waals surface area contributed by atoms with Gasteiger partial charge in [-0.1, -0.05) is 30.3 Å². The Labute approximate surface area is 127 Å². The maximum absolute atomic E-state index is 11.7. The van der Waals surface area contributed by atoms with Crippen molar-refractivity contribution in [3.63, 3.8) is 0 Å². The quantitative estimate of drug-likeness (QED) is 0.835. The lowest BCUT2D eigenvalue weighted by molar-refractivity contribution is -0.148. The molecule has 0 fully saturated rings. The first-order chi connectivity index (χ1) is 10.1. The zero-order valence-corrected chi connectivity index (χ0v) is 12.6. The molecule has 0 aliphatic rings. The molecule has 0 bridgehead atoms. The molecule has 1 amide bonds. The van der Waals surface area contributed by atoms with E-state index in [1.807, 2.05) is 54.1 Å². The fourth-order valence-electron chi connectivity index (χ4n) is 1.87. The number of rotatable bonds is 6. The summed E-state index contributed by atoms with van der Waals surface area (Å²) < 4.78 is 4.97. The lowest BCUT2D eigenvalue weighted by Gasteiger charge is -2.14. The topological polar surface area (TPSA) is 55.4 Å². The van der Waals surface area contributed by atoms with Gasteiger partial charge in [-0.2, -0.15) is 11.3 Å². The molecule has 2 rings (SSSR count). The molecule has 0 unspecified atom stereocenters. The average Bonchev–Trinajstić information content (AvgIpc) is 2.99. The Morgan fingerprint density at radius 1 is 1.24 bits per heavy atom. The zero-order valence-electron chi connectivity index (χ0n) is 11.7. The van der Waals surface area contributed by atoms with Gasteiger partial charge < -0.3 is 10.1 Å². The summed E-state index contributed by atoms with van der Waals surface area (Å²) in [6, 6.07) is 11.4. The van der Waals surface area contributed by atoms with Gasteiger partial charge in [-0.05, 0) is 34.9 Å². The number of hydrogen-bond acceptors (Lipinski definition) is 4. The Morgan fingerprint density at radius 3 is 2.67 bits per heavy atom. The van der Waals surface area contributed by atoms with Crippen LogP contribution in [-0.4, -0.2) is 18.5 Å². The van der Waals surface area contributed by atoms with E-state index in [4.69, 9.17) is 4.74 Å². The van der Waals surface area contributed by atoms with E-state index < -0.39 is 5.97 Å². The number of nitrogens with one attached hydrogen (secondary N) is 1. The van der Waals surface area contributed by atoms with Crippen molar-refractivity contribution in [3.05, 3.63) is 58.3 Å². The van der Waals surface area contributed by atoms with Crippen molar-refractivity contribution >= 4 is 23.2 Å². The van der Waals surface area contributed by atoms with Crippen molar-refractivity contribution < 1.29 is 14.3 Å². The average molecular weight is 303 g/mol. The molecule has 0 radical (unpaired) electrons. The molecule has 0 aliphatic carbocycles. The lowest BCUT2D eigenvalue weighted by atomic mass is 10.1. The Morgan fingerprint density at radius 2 is 2.00 bits per heavy atom. The fourth-order valence-corrected chi connectivity index (χ4v) is 2.53. The van der Waals surface area contributed by atoms with E-state index in [1.165, 1.54) is 11.3 Å². The number of carbonyl (C=O) groups excluding carboxylic acids is 2. The lowest BCUT2D eigenvalue weighted by Crippen LogP contribution is -2.31. The highest BCUT2D eigenvalue weighted by Gasteiger charge is 2.12. The van der Waals surface area contributed by atoms with Gasteiger partial charge >= 0.3 is 5.97 Å². The van der Waals surface area contributed by atoms with Crippen LogP contribution in [0.25, 0.3) is 0 Å². The van der Waals surface area contributed by atoms with Gasteiger partial charge in [0.15, 0.2) is 6.61 Å². The van der Waals surface area contributed by atoms with Crippen molar-refractivity contribution in [2.75, 3.05) is 6.61 Å². The maximum atomic E-state index is 11.7. The van der Waals surface area contributed by atoms with Crippen LogP contribution < -0.4 is 5.32 Å². The second-order valence-corrected chi connectivity index (χ2v) is 5.45. The molecule has 0 aliphatic heterocycles. The molecule has 2 aromatic rings. The highest BCUT2D eigenvalue weighted by atomic mass is 32.1. The van der Waals surface area contributed by atoms with Gasteiger partial charge in [0.05, 0.1) is 12.5 Å². The molecule has 1 aromatic carbocycles. The van der Waals surface area contributed by atoms with Gasteiger partial charge in [-0.15, -0.1) is 0 Å². The van der Waals surface area contributed by atoms with Crippen molar-refractivity contribution in [1.29, 1.82) is 0 Å². The van der Waals surface area contributed by atoms with E-state index in [0.29, 0.717) is 0 Å². The summed E-state index contributed by atoms with van der Waals surface area (Å²) in [5.74, 6) is -0.694. The van der Waals surface area contributed by atoms with Gasteiger partial charge in [-0.25, -0.2) is 0 Å². The smallest absolute Gasteiger partial charge is 0.310 e. The largest absolute Gasteiger partial charge is 0.455 e. The van der Waals surface area contributed by atoms with E-state index in [2.05, 4.69) is 5.32 Å². The highest BCUT2D eigenvalue weighted by molar-refractivity contribution is 7.07. The first-order valence-corrected chi connectivity index (χ1v) is 7.60. The molecule has 1 heterocycles. The summed E-state index contributed by atoms with van der Waals surface area (Å²) in [6.45, 7) is 1.64. The first kappa shape index (κ1) is 15.3. The molecule has 110 valence electrons. The number of amides is 1. The van der Waals surface area contributed by atoms with Gasteiger partial charge in [0.25, 0.3) is 5.91 Å². The molecule has 1 aromatic heterocycles. The molecule has 0 spiro atoms. The van der Waals surface area contributed by atoms with Crippen LogP contribution in [-0.2, 0) is 20.7 Å². The summed E-state index contributed by atoms with van der Waals surface area (Å²) >= 11 is 1.52. The van der Waals surface area contributed by atoms with Crippen molar-refractivity contribution in [2.24, 2.45) is 0 Å². The predicted molar refractivity (Wildman–Crippen MR) is 82.0 cm³/mol. The SMILES string of the molecule is C[C@H](NC(=O)COC(=O)Cc1ccsc1)c1ccccc1. The van der Waals surface area contributed by atoms with Crippen LogP contribution in [0, 0.1) is 0 Å². The molecule has 1 N–H and O–H groups in total. The third-order valence-electron chi connectivity index (χ3n) is 2.97. The monoisotopic (exact) mass is 303 g/mol. The molecule has 4 nitrogen and oxygen atoms in total. The van der Waals surface area contributed by atoms with Gasteiger partial charge in [-0.3, -0.25) is 9.59 Å². The van der Waals surface area contributed by atoms with Crippen LogP contribution in [0.15, 0.2) is 47.2 Å². The molecule has 5 heteroatoms.